The summed E-state index contributed by atoms with van der Waals surface area (Å²) in [5.41, 5.74) is 8.33. The van der Waals surface area contributed by atoms with Crippen LogP contribution in [0.3, 0.4) is 0 Å². The Balaban J connectivity index is 1.30. The van der Waals surface area contributed by atoms with E-state index in [1.165, 1.54) is 0 Å². The van der Waals surface area contributed by atoms with E-state index in [-0.39, 0.29) is 6.42 Å². The van der Waals surface area contributed by atoms with Gasteiger partial charge in [-0.3, -0.25) is 4.79 Å². The molecule has 0 amide bonds. The maximum Gasteiger partial charge on any atom is 0.312 e. The highest BCUT2D eigenvalue weighted by Gasteiger charge is 2.23. The number of anilines is 1. The lowest BCUT2D eigenvalue weighted by molar-refractivity contribution is -0.138. The van der Waals surface area contributed by atoms with Gasteiger partial charge < -0.3 is 29.4 Å². The van der Waals surface area contributed by atoms with Crippen molar-refractivity contribution in [2.75, 3.05) is 18.9 Å². The monoisotopic (exact) mass is 447 g/mol. The van der Waals surface area contributed by atoms with Crippen LogP contribution in [0.25, 0.3) is 11.3 Å². The average molecular weight is 447 g/mol. The fourth-order valence-corrected chi connectivity index (χ4v) is 3.66. The van der Waals surface area contributed by atoms with Crippen molar-refractivity contribution in [2.45, 2.75) is 18.9 Å². The molecule has 4 aromatic rings. The second-order valence-corrected chi connectivity index (χ2v) is 7.70. The molecule has 1 atom stereocenters. The Bertz CT molecular complexity index is 1280. The summed E-state index contributed by atoms with van der Waals surface area (Å²) in [7, 11) is 0. The van der Waals surface area contributed by atoms with E-state index in [4.69, 9.17) is 19.7 Å². The number of pyridine rings is 1. The van der Waals surface area contributed by atoms with E-state index in [0.717, 1.165) is 11.1 Å². The minimum atomic E-state index is -0.959. The molecule has 0 saturated carbocycles. The first kappa shape index (κ1) is 20.6. The number of rotatable bonds is 7. The molecular formula is C23H21N5O5. The molecule has 1 unspecified atom stereocenters. The van der Waals surface area contributed by atoms with E-state index >= 15 is 0 Å². The number of aromatic nitrogens is 4. The molecule has 3 aromatic heterocycles. The number of ether oxygens (including phenoxy) is 2. The van der Waals surface area contributed by atoms with Gasteiger partial charge in [-0.1, -0.05) is 11.2 Å². The number of carbonyl (C=O) groups is 1. The number of nitrogen functional groups attached to an aromatic ring is 1. The van der Waals surface area contributed by atoms with Crippen molar-refractivity contribution in [3.05, 3.63) is 72.1 Å². The van der Waals surface area contributed by atoms with Crippen LogP contribution in [-0.4, -0.2) is 44.0 Å². The zero-order valence-corrected chi connectivity index (χ0v) is 17.5. The van der Waals surface area contributed by atoms with Crippen LogP contribution >= 0.6 is 0 Å². The van der Waals surface area contributed by atoms with Crippen LogP contribution < -0.4 is 15.2 Å². The average Bonchev–Trinajstić information content (AvgIpc) is 3.48. The number of nitrogens with zero attached hydrogens (tertiary/aromatic N) is 4. The van der Waals surface area contributed by atoms with Crippen LogP contribution in [0.5, 0.6) is 11.5 Å². The SMILES string of the molecule is Nc1ccc(CC(C(=O)O)c2cn(Cc3cc(-c4ccc5c(c4)OCCO5)on3)cn2)cn1. The molecule has 3 N–H and O–H groups in total. The van der Waals surface area contributed by atoms with E-state index in [9.17, 15) is 9.90 Å². The molecule has 0 saturated heterocycles. The third-order valence-corrected chi connectivity index (χ3v) is 5.33. The first-order chi connectivity index (χ1) is 16.0. The Kier molecular flexibility index (Phi) is 5.39. The number of fused-ring (bicyclic) bond motifs is 1. The zero-order valence-electron chi connectivity index (χ0n) is 17.5. The third kappa shape index (κ3) is 4.49. The standard InChI is InChI=1S/C23H21N5O5/c24-22-4-1-14(10-25-22)7-17(23(29)30)18-12-28(13-26-18)11-16-9-20(33-27-16)15-2-3-19-21(8-15)32-6-5-31-19/h1-4,8-10,12-13,17H,5-7,11H2,(H2,24,25)(H,29,30). The highest BCUT2D eigenvalue weighted by Crippen LogP contribution is 2.34. The summed E-state index contributed by atoms with van der Waals surface area (Å²) >= 11 is 0. The summed E-state index contributed by atoms with van der Waals surface area (Å²) in [5.74, 6) is 0.603. The summed E-state index contributed by atoms with van der Waals surface area (Å²) in [6.45, 7) is 1.43. The van der Waals surface area contributed by atoms with Crippen LogP contribution in [0.1, 0.15) is 22.9 Å². The maximum atomic E-state index is 11.9. The van der Waals surface area contributed by atoms with Gasteiger partial charge in [0, 0.05) is 24.0 Å². The lowest BCUT2D eigenvalue weighted by Crippen LogP contribution is -2.15. The minimum absolute atomic E-state index is 0.262. The predicted octanol–water partition coefficient (Wildman–Crippen LogP) is 2.75. The highest BCUT2D eigenvalue weighted by atomic mass is 16.6. The molecule has 0 bridgehead atoms. The molecule has 10 nitrogen and oxygen atoms in total. The zero-order chi connectivity index (χ0) is 22.8. The number of nitrogens with two attached hydrogens (primary N) is 1. The summed E-state index contributed by atoms with van der Waals surface area (Å²) < 4.78 is 18.4. The van der Waals surface area contributed by atoms with Gasteiger partial charge in [0.05, 0.1) is 18.6 Å². The number of aliphatic carboxylic acids is 1. The Labute approximate surface area is 188 Å². The summed E-state index contributed by atoms with van der Waals surface area (Å²) in [4.78, 5) is 20.2. The topological polar surface area (TPSA) is 139 Å². The second kappa shape index (κ2) is 8.65. The molecule has 1 aliphatic rings. The Morgan fingerprint density at radius 3 is 2.76 bits per heavy atom. The van der Waals surface area contributed by atoms with Gasteiger partial charge in [-0.15, -0.1) is 0 Å². The second-order valence-electron chi connectivity index (χ2n) is 7.70. The van der Waals surface area contributed by atoms with Gasteiger partial charge in [-0.2, -0.15) is 0 Å². The van der Waals surface area contributed by atoms with Crippen molar-refractivity contribution in [3.8, 4) is 22.8 Å². The van der Waals surface area contributed by atoms with E-state index < -0.39 is 11.9 Å². The van der Waals surface area contributed by atoms with Crippen molar-refractivity contribution in [2.24, 2.45) is 0 Å². The number of benzene rings is 1. The number of carboxylic acids is 1. The Hall–Kier alpha value is -4.34. The molecule has 0 radical (unpaired) electrons. The lowest BCUT2D eigenvalue weighted by atomic mass is 9.98. The van der Waals surface area contributed by atoms with Crippen LogP contribution in [0, 0.1) is 0 Å². The molecule has 0 spiro atoms. The fraction of sp³-hybridized carbons (Fsp3) is 0.217. The van der Waals surface area contributed by atoms with Crippen molar-refractivity contribution in [1.82, 2.24) is 19.7 Å². The molecule has 33 heavy (non-hydrogen) atoms. The Morgan fingerprint density at radius 1 is 1.12 bits per heavy atom. The molecule has 0 aliphatic carbocycles. The van der Waals surface area contributed by atoms with E-state index in [0.29, 0.717) is 54.2 Å². The summed E-state index contributed by atoms with van der Waals surface area (Å²) in [6, 6.07) is 10.8. The molecule has 1 aliphatic heterocycles. The first-order valence-corrected chi connectivity index (χ1v) is 10.4. The maximum absolute atomic E-state index is 11.9. The Morgan fingerprint density at radius 2 is 1.97 bits per heavy atom. The molecule has 4 heterocycles. The van der Waals surface area contributed by atoms with Crippen LogP contribution in [0.15, 0.2) is 59.6 Å². The number of hydrogen-bond donors (Lipinski definition) is 2. The normalized spacial score (nSPS) is 13.6. The van der Waals surface area contributed by atoms with Crippen molar-refractivity contribution < 1.29 is 23.9 Å². The lowest BCUT2D eigenvalue weighted by Gasteiger charge is -2.18. The van der Waals surface area contributed by atoms with Crippen LogP contribution in [0.2, 0.25) is 0 Å². The summed E-state index contributed by atoms with van der Waals surface area (Å²) in [6.07, 6.45) is 5.14. The molecule has 10 heteroatoms. The number of carboxylic acid groups (broad SMARTS) is 1. The van der Waals surface area contributed by atoms with Crippen molar-refractivity contribution in [3.63, 3.8) is 0 Å². The molecule has 0 fully saturated rings. The van der Waals surface area contributed by atoms with Crippen LogP contribution in [0.4, 0.5) is 5.82 Å². The summed E-state index contributed by atoms with van der Waals surface area (Å²) in [5, 5.41) is 13.8. The van der Waals surface area contributed by atoms with Gasteiger partial charge in [0.2, 0.25) is 0 Å². The molecular weight excluding hydrogens is 426 g/mol. The molecule has 1 aromatic carbocycles. The van der Waals surface area contributed by atoms with Gasteiger partial charge in [-0.25, -0.2) is 9.97 Å². The first-order valence-electron chi connectivity index (χ1n) is 10.4. The third-order valence-electron chi connectivity index (χ3n) is 5.33. The van der Waals surface area contributed by atoms with Crippen molar-refractivity contribution >= 4 is 11.8 Å². The quantitative estimate of drug-likeness (QED) is 0.438. The molecule has 5 rings (SSSR count). The van der Waals surface area contributed by atoms with Gasteiger partial charge >= 0.3 is 5.97 Å². The number of hydrogen-bond acceptors (Lipinski definition) is 8. The smallest absolute Gasteiger partial charge is 0.312 e. The number of imidazole rings is 1. The minimum Gasteiger partial charge on any atom is -0.486 e. The largest absolute Gasteiger partial charge is 0.486 e. The molecule has 168 valence electrons. The van der Waals surface area contributed by atoms with E-state index in [2.05, 4.69) is 15.1 Å². The van der Waals surface area contributed by atoms with Gasteiger partial charge in [-0.05, 0) is 36.2 Å². The van der Waals surface area contributed by atoms with E-state index in [1.807, 2.05) is 24.3 Å². The van der Waals surface area contributed by atoms with Crippen LogP contribution in [-0.2, 0) is 17.8 Å². The van der Waals surface area contributed by atoms with Gasteiger partial charge in [0.1, 0.15) is 30.6 Å². The van der Waals surface area contributed by atoms with Gasteiger partial charge in [0.15, 0.2) is 17.3 Å². The predicted molar refractivity (Wildman–Crippen MR) is 117 cm³/mol. The van der Waals surface area contributed by atoms with E-state index in [1.54, 1.807) is 35.4 Å². The fourth-order valence-electron chi connectivity index (χ4n) is 3.66. The van der Waals surface area contributed by atoms with Gasteiger partial charge in [0.25, 0.3) is 0 Å². The highest BCUT2D eigenvalue weighted by molar-refractivity contribution is 5.75. The van der Waals surface area contributed by atoms with Crippen molar-refractivity contribution in [1.29, 1.82) is 0 Å².